The van der Waals surface area contributed by atoms with Crippen LogP contribution in [-0.2, 0) is 4.74 Å². The summed E-state index contributed by atoms with van der Waals surface area (Å²) in [6, 6.07) is 7.74. The summed E-state index contributed by atoms with van der Waals surface area (Å²) in [5.41, 5.74) is 0.703. The van der Waals surface area contributed by atoms with Gasteiger partial charge in [0.15, 0.2) is 0 Å². The van der Waals surface area contributed by atoms with E-state index >= 15 is 0 Å². The molecular weight excluding hydrogens is 254 g/mol. The molecule has 2 aliphatic rings. The van der Waals surface area contributed by atoms with Gasteiger partial charge in [-0.1, -0.05) is 18.2 Å². The number of benzene rings is 1. The molecule has 1 saturated heterocycles. The van der Waals surface area contributed by atoms with E-state index in [0.29, 0.717) is 6.61 Å². The van der Waals surface area contributed by atoms with E-state index in [4.69, 9.17) is 9.47 Å². The summed E-state index contributed by atoms with van der Waals surface area (Å²) in [4.78, 5) is 2.30. The largest absolute Gasteiger partial charge is 0.491 e. The third-order valence-corrected chi connectivity index (χ3v) is 4.08. The standard InChI is InChI=1S/C16H23NO3/c1-11-8-17(10-16(2,3)20-11)13-9-19-14-7-5-4-6-12(14)15(13)18/h4-7,11,13,15,18H,8-10H2,1-3H3. The molecule has 0 amide bonds. The molecule has 1 aromatic carbocycles. The van der Waals surface area contributed by atoms with Crippen LogP contribution in [-0.4, -0.2) is 47.4 Å². The van der Waals surface area contributed by atoms with Gasteiger partial charge in [-0.15, -0.1) is 0 Å². The van der Waals surface area contributed by atoms with Gasteiger partial charge in [-0.3, -0.25) is 4.90 Å². The van der Waals surface area contributed by atoms with Gasteiger partial charge in [-0.2, -0.15) is 0 Å². The molecule has 3 atom stereocenters. The van der Waals surface area contributed by atoms with Crippen LogP contribution in [0.15, 0.2) is 24.3 Å². The highest BCUT2D eigenvalue weighted by atomic mass is 16.5. The van der Waals surface area contributed by atoms with Crippen molar-refractivity contribution >= 4 is 0 Å². The van der Waals surface area contributed by atoms with Crippen LogP contribution in [0.4, 0.5) is 0 Å². The summed E-state index contributed by atoms with van der Waals surface area (Å²) in [6.07, 6.45) is -0.329. The van der Waals surface area contributed by atoms with Crippen LogP contribution < -0.4 is 4.74 Å². The molecular formula is C16H23NO3. The zero-order chi connectivity index (χ0) is 14.3. The number of hydrogen-bond acceptors (Lipinski definition) is 4. The van der Waals surface area contributed by atoms with Crippen LogP contribution in [0, 0.1) is 0 Å². The van der Waals surface area contributed by atoms with Gasteiger partial charge in [0.05, 0.1) is 17.7 Å². The molecule has 1 N–H and O–H groups in total. The van der Waals surface area contributed by atoms with Gasteiger partial charge in [0, 0.05) is 18.7 Å². The molecule has 4 nitrogen and oxygen atoms in total. The highest BCUT2D eigenvalue weighted by molar-refractivity contribution is 5.37. The summed E-state index contributed by atoms with van der Waals surface area (Å²) in [6.45, 7) is 8.44. The minimum absolute atomic E-state index is 0.00414. The quantitative estimate of drug-likeness (QED) is 0.852. The molecule has 0 bridgehead atoms. The van der Waals surface area contributed by atoms with Crippen LogP contribution >= 0.6 is 0 Å². The normalized spacial score (nSPS) is 33.3. The van der Waals surface area contributed by atoms with Crippen molar-refractivity contribution < 1.29 is 14.6 Å². The fourth-order valence-corrected chi connectivity index (χ4v) is 3.39. The molecule has 3 unspecified atom stereocenters. The van der Waals surface area contributed by atoms with Crippen LogP contribution in [0.3, 0.4) is 0 Å². The zero-order valence-electron chi connectivity index (χ0n) is 12.4. The number of fused-ring (bicyclic) bond motifs is 1. The SMILES string of the molecule is CC1CN(C2COc3ccccc3C2O)CC(C)(C)O1. The molecule has 0 aromatic heterocycles. The van der Waals surface area contributed by atoms with E-state index < -0.39 is 6.10 Å². The second kappa shape index (κ2) is 5.02. The fraction of sp³-hybridized carbons (Fsp3) is 0.625. The number of rotatable bonds is 1. The van der Waals surface area contributed by atoms with Crippen molar-refractivity contribution in [1.82, 2.24) is 4.90 Å². The van der Waals surface area contributed by atoms with Gasteiger partial charge in [0.2, 0.25) is 0 Å². The number of aliphatic hydroxyl groups is 1. The number of nitrogens with zero attached hydrogens (tertiary/aromatic N) is 1. The minimum atomic E-state index is -0.499. The summed E-state index contributed by atoms with van der Waals surface area (Å²) < 4.78 is 11.8. The van der Waals surface area contributed by atoms with E-state index in [1.165, 1.54) is 0 Å². The van der Waals surface area contributed by atoms with Crippen LogP contribution in [0.1, 0.15) is 32.4 Å². The Balaban J connectivity index is 1.82. The molecule has 0 saturated carbocycles. The second-order valence-corrected chi connectivity index (χ2v) is 6.48. The summed E-state index contributed by atoms with van der Waals surface area (Å²) in [5.74, 6) is 0.803. The highest BCUT2D eigenvalue weighted by Crippen LogP contribution is 2.35. The molecule has 0 aliphatic carbocycles. The lowest BCUT2D eigenvalue weighted by Gasteiger charge is -2.47. The van der Waals surface area contributed by atoms with Crippen LogP contribution in [0.5, 0.6) is 5.75 Å². The van der Waals surface area contributed by atoms with Crippen molar-refractivity contribution in [2.75, 3.05) is 19.7 Å². The predicted octanol–water partition coefficient (Wildman–Crippen LogP) is 1.98. The first-order valence-corrected chi connectivity index (χ1v) is 7.28. The summed E-state index contributed by atoms with van der Waals surface area (Å²) >= 11 is 0. The Kier molecular flexibility index (Phi) is 3.48. The molecule has 3 rings (SSSR count). The average Bonchev–Trinajstić information content (AvgIpc) is 2.37. The number of morpholine rings is 1. The predicted molar refractivity (Wildman–Crippen MR) is 76.9 cm³/mol. The first kappa shape index (κ1) is 13.9. The van der Waals surface area contributed by atoms with Crippen molar-refractivity contribution in [1.29, 1.82) is 0 Å². The molecule has 2 heterocycles. The average molecular weight is 277 g/mol. The first-order chi connectivity index (χ1) is 9.46. The zero-order valence-corrected chi connectivity index (χ0v) is 12.4. The monoisotopic (exact) mass is 277 g/mol. The van der Waals surface area contributed by atoms with Crippen molar-refractivity contribution in [3.63, 3.8) is 0 Å². The maximum atomic E-state index is 10.7. The molecule has 2 aliphatic heterocycles. The third-order valence-electron chi connectivity index (χ3n) is 4.08. The fourth-order valence-electron chi connectivity index (χ4n) is 3.39. The van der Waals surface area contributed by atoms with Gasteiger partial charge < -0.3 is 14.6 Å². The third kappa shape index (κ3) is 2.55. The Bertz CT molecular complexity index is 488. The van der Waals surface area contributed by atoms with Gasteiger partial charge >= 0.3 is 0 Å². The van der Waals surface area contributed by atoms with E-state index in [1.54, 1.807) is 0 Å². The molecule has 0 radical (unpaired) electrons. The minimum Gasteiger partial charge on any atom is -0.491 e. The van der Waals surface area contributed by atoms with E-state index in [9.17, 15) is 5.11 Å². The van der Waals surface area contributed by atoms with E-state index in [-0.39, 0.29) is 17.7 Å². The Morgan fingerprint density at radius 3 is 2.80 bits per heavy atom. The molecule has 1 fully saturated rings. The topological polar surface area (TPSA) is 41.9 Å². The summed E-state index contributed by atoms with van der Waals surface area (Å²) in [5, 5.41) is 10.7. The Morgan fingerprint density at radius 1 is 1.30 bits per heavy atom. The lowest BCUT2D eigenvalue weighted by Crippen LogP contribution is -2.58. The van der Waals surface area contributed by atoms with Gasteiger partial charge in [0.25, 0.3) is 0 Å². The van der Waals surface area contributed by atoms with Crippen molar-refractivity contribution in [3.8, 4) is 5.75 Å². The van der Waals surface area contributed by atoms with E-state index in [0.717, 1.165) is 24.4 Å². The van der Waals surface area contributed by atoms with Crippen molar-refractivity contribution in [3.05, 3.63) is 29.8 Å². The first-order valence-electron chi connectivity index (χ1n) is 7.28. The number of para-hydroxylation sites is 1. The van der Waals surface area contributed by atoms with Gasteiger partial charge in [0.1, 0.15) is 18.5 Å². The van der Waals surface area contributed by atoms with Gasteiger partial charge in [-0.05, 0) is 26.8 Å². The molecule has 0 spiro atoms. The van der Waals surface area contributed by atoms with Gasteiger partial charge in [-0.25, -0.2) is 0 Å². The Hall–Kier alpha value is -1.10. The number of ether oxygens (including phenoxy) is 2. The lowest BCUT2D eigenvalue weighted by atomic mass is 9.95. The lowest BCUT2D eigenvalue weighted by molar-refractivity contribution is -0.153. The number of aliphatic hydroxyl groups excluding tert-OH is 1. The van der Waals surface area contributed by atoms with E-state index in [2.05, 4.69) is 25.7 Å². The molecule has 4 heteroatoms. The van der Waals surface area contributed by atoms with E-state index in [1.807, 2.05) is 24.3 Å². The van der Waals surface area contributed by atoms with Crippen molar-refractivity contribution in [2.24, 2.45) is 0 Å². The Labute approximate surface area is 120 Å². The number of hydrogen-bond donors (Lipinski definition) is 1. The molecule has 20 heavy (non-hydrogen) atoms. The Morgan fingerprint density at radius 2 is 2.05 bits per heavy atom. The van der Waals surface area contributed by atoms with Crippen LogP contribution in [0.2, 0.25) is 0 Å². The second-order valence-electron chi connectivity index (χ2n) is 6.48. The summed E-state index contributed by atoms with van der Waals surface area (Å²) in [7, 11) is 0. The maximum absolute atomic E-state index is 10.7. The smallest absolute Gasteiger partial charge is 0.125 e. The molecule has 110 valence electrons. The van der Waals surface area contributed by atoms with Crippen molar-refractivity contribution in [2.45, 2.75) is 44.6 Å². The highest BCUT2D eigenvalue weighted by Gasteiger charge is 2.40. The van der Waals surface area contributed by atoms with Crippen LogP contribution in [0.25, 0.3) is 0 Å². The maximum Gasteiger partial charge on any atom is 0.125 e. The molecule has 1 aromatic rings.